The highest BCUT2D eigenvalue weighted by Gasteiger charge is 2.36. The van der Waals surface area contributed by atoms with E-state index in [1.165, 1.54) is 19.4 Å². The molecule has 0 radical (unpaired) electrons. The molecule has 0 aliphatic heterocycles. The molecule has 1 aromatic heterocycles. The van der Waals surface area contributed by atoms with Crippen molar-refractivity contribution in [1.82, 2.24) is 4.98 Å². The van der Waals surface area contributed by atoms with Crippen molar-refractivity contribution in [2.75, 3.05) is 7.11 Å². The van der Waals surface area contributed by atoms with Crippen LogP contribution in [0.1, 0.15) is 25.7 Å². The SMILES string of the molecule is COC(=O)[C@@H]1CCC[C@@H](S(=O)(=O)c2ccccn2)C1. The molecule has 19 heavy (non-hydrogen) atoms. The van der Waals surface area contributed by atoms with Crippen molar-refractivity contribution in [1.29, 1.82) is 0 Å². The van der Waals surface area contributed by atoms with Crippen molar-refractivity contribution < 1.29 is 17.9 Å². The van der Waals surface area contributed by atoms with Crippen LogP contribution in [0.25, 0.3) is 0 Å². The van der Waals surface area contributed by atoms with E-state index >= 15 is 0 Å². The first-order valence-corrected chi connectivity index (χ1v) is 7.83. The first-order chi connectivity index (χ1) is 9.05. The zero-order valence-corrected chi connectivity index (χ0v) is 11.6. The Bertz CT molecular complexity index is 541. The molecule has 1 aliphatic rings. The van der Waals surface area contributed by atoms with E-state index < -0.39 is 15.1 Å². The Morgan fingerprint density at radius 1 is 1.37 bits per heavy atom. The van der Waals surface area contributed by atoms with Crippen LogP contribution in [0.15, 0.2) is 29.4 Å². The Morgan fingerprint density at radius 3 is 2.79 bits per heavy atom. The van der Waals surface area contributed by atoms with Crippen LogP contribution in [0, 0.1) is 5.92 Å². The molecule has 0 bridgehead atoms. The van der Waals surface area contributed by atoms with Crippen LogP contribution in [-0.2, 0) is 19.4 Å². The molecule has 1 aliphatic carbocycles. The summed E-state index contributed by atoms with van der Waals surface area (Å²) in [5.74, 6) is -0.636. The molecule has 1 heterocycles. The maximum absolute atomic E-state index is 12.4. The number of carbonyl (C=O) groups excluding carboxylic acids is 1. The standard InChI is InChI=1S/C13H17NO4S/c1-18-13(15)10-5-4-6-11(9-10)19(16,17)12-7-2-3-8-14-12/h2-3,7-8,10-11H,4-6,9H2,1H3/t10-,11-/m1/s1. The minimum absolute atomic E-state index is 0.0884. The lowest BCUT2D eigenvalue weighted by Crippen LogP contribution is -2.32. The Labute approximate surface area is 112 Å². The molecule has 6 heteroatoms. The first kappa shape index (κ1) is 14.0. The number of esters is 1. The lowest BCUT2D eigenvalue weighted by atomic mass is 9.89. The van der Waals surface area contributed by atoms with E-state index in [1.807, 2.05) is 0 Å². The summed E-state index contributed by atoms with van der Waals surface area (Å²) in [6, 6.07) is 4.83. The van der Waals surface area contributed by atoms with Crippen molar-refractivity contribution in [3.05, 3.63) is 24.4 Å². The number of ether oxygens (including phenoxy) is 1. The van der Waals surface area contributed by atoms with E-state index in [2.05, 4.69) is 4.98 Å². The predicted molar refractivity (Wildman–Crippen MR) is 69.2 cm³/mol. The molecule has 1 aromatic rings. The highest BCUT2D eigenvalue weighted by atomic mass is 32.2. The number of aromatic nitrogens is 1. The third-order valence-corrected chi connectivity index (χ3v) is 5.66. The molecule has 0 aromatic carbocycles. The van der Waals surface area contributed by atoms with Gasteiger partial charge in [0.1, 0.15) is 0 Å². The smallest absolute Gasteiger partial charge is 0.308 e. The van der Waals surface area contributed by atoms with Crippen LogP contribution in [0.2, 0.25) is 0 Å². The molecule has 2 atom stereocenters. The highest BCUT2D eigenvalue weighted by Crippen LogP contribution is 2.32. The highest BCUT2D eigenvalue weighted by molar-refractivity contribution is 7.92. The largest absolute Gasteiger partial charge is 0.469 e. The molecule has 0 unspecified atom stereocenters. The number of hydrogen-bond acceptors (Lipinski definition) is 5. The van der Waals surface area contributed by atoms with Gasteiger partial charge in [0.15, 0.2) is 14.9 Å². The quantitative estimate of drug-likeness (QED) is 0.788. The number of carbonyl (C=O) groups is 1. The van der Waals surface area contributed by atoms with Gasteiger partial charge < -0.3 is 4.74 Å². The number of sulfone groups is 1. The normalized spacial score (nSPS) is 23.8. The lowest BCUT2D eigenvalue weighted by molar-refractivity contribution is -0.146. The van der Waals surface area contributed by atoms with Crippen LogP contribution in [0.4, 0.5) is 0 Å². The number of hydrogen-bond donors (Lipinski definition) is 0. The minimum atomic E-state index is -3.46. The summed E-state index contributed by atoms with van der Waals surface area (Å²) >= 11 is 0. The van der Waals surface area contributed by atoms with Crippen molar-refractivity contribution in [3.63, 3.8) is 0 Å². The van der Waals surface area contributed by atoms with Gasteiger partial charge in [0, 0.05) is 6.20 Å². The van der Waals surface area contributed by atoms with Crippen LogP contribution >= 0.6 is 0 Å². The minimum Gasteiger partial charge on any atom is -0.469 e. The van der Waals surface area contributed by atoms with Gasteiger partial charge >= 0.3 is 5.97 Å². The third-order valence-electron chi connectivity index (χ3n) is 3.53. The van der Waals surface area contributed by atoms with Crippen molar-refractivity contribution in [3.8, 4) is 0 Å². The van der Waals surface area contributed by atoms with E-state index in [9.17, 15) is 13.2 Å². The zero-order valence-electron chi connectivity index (χ0n) is 10.8. The summed E-state index contributed by atoms with van der Waals surface area (Å²) in [5.41, 5.74) is 0. The van der Waals surface area contributed by atoms with Crippen molar-refractivity contribution in [2.45, 2.75) is 36.0 Å². The molecule has 5 nitrogen and oxygen atoms in total. The van der Waals surface area contributed by atoms with Crippen LogP contribution in [0.5, 0.6) is 0 Å². The van der Waals surface area contributed by atoms with E-state index in [4.69, 9.17) is 4.74 Å². The van der Waals surface area contributed by atoms with Gasteiger partial charge in [0.2, 0.25) is 0 Å². The molecular weight excluding hydrogens is 266 g/mol. The van der Waals surface area contributed by atoms with Gasteiger partial charge in [-0.25, -0.2) is 13.4 Å². The van der Waals surface area contributed by atoms with Crippen molar-refractivity contribution >= 4 is 15.8 Å². The molecule has 1 saturated carbocycles. The van der Waals surface area contributed by atoms with E-state index in [0.29, 0.717) is 19.3 Å². The second kappa shape index (κ2) is 5.69. The molecule has 0 saturated heterocycles. The summed E-state index contributed by atoms with van der Waals surface area (Å²) in [6.45, 7) is 0. The predicted octanol–water partition coefficient (Wildman–Crippen LogP) is 1.59. The third kappa shape index (κ3) is 2.94. The fourth-order valence-electron chi connectivity index (χ4n) is 2.49. The average molecular weight is 283 g/mol. The monoisotopic (exact) mass is 283 g/mol. The summed E-state index contributed by atoms with van der Waals surface area (Å²) < 4.78 is 29.6. The Balaban J connectivity index is 2.20. The van der Waals surface area contributed by atoms with Gasteiger partial charge in [0.05, 0.1) is 18.3 Å². The molecular formula is C13H17NO4S. The summed E-state index contributed by atoms with van der Waals surface area (Å²) in [4.78, 5) is 15.5. The summed E-state index contributed by atoms with van der Waals surface area (Å²) in [5, 5.41) is -0.453. The van der Waals surface area contributed by atoms with Gasteiger partial charge in [-0.3, -0.25) is 4.79 Å². The van der Waals surface area contributed by atoms with Gasteiger partial charge in [-0.05, 0) is 31.4 Å². The molecule has 2 rings (SSSR count). The Kier molecular flexibility index (Phi) is 4.19. The summed E-state index contributed by atoms with van der Waals surface area (Å²) in [7, 11) is -2.12. The van der Waals surface area contributed by atoms with E-state index in [0.717, 1.165) is 6.42 Å². The van der Waals surface area contributed by atoms with Gasteiger partial charge in [-0.2, -0.15) is 0 Å². The fraction of sp³-hybridized carbons (Fsp3) is 0.538. The topological polar surface area (TPSA) is 73.3 Å². The molecule has 1 fully saturated rings. The molecule has 0 spiro atoms. The lowest BCUT2D eigenvalue weighted by Gasteiger charge is -2.26. The Hall–Kier alpha value is -1.43. The van der Waals surface area contributed by atoms with E-state index in [1.54, 1.807) is 12.1 Å². The van der Waals surface area contributed by atoms with Gasteiger partial charge in [0.25, 0.3) is 0 Å². The number of nitrogens with zero attached hydrogens (tertiary/aromatic N) is 1. The van der Waals surface area contributed by atoms with Crippen LogP contribution in [0.3, 0.4) is 0 Å². The molecule has 104 valence electrons. The maximum Gasteiger partial charge on any atom is 0.308 e. The second-order valence-corrected chi connectivity index (χ2v) is 6.90. The molecule has 0 amide bonds. The average Bonchev–Trinajstić information content (AvgIpc) is 2.47. The number of rotatable bonds is 3. The van der Waals surface area contributed by atoms with Gasteiger partial charge in [-0.1, -0.05) is 12.5 Å². The maximum atomic E-state index is 12.4. The van der Waals surface area contributed by atoms with E-state index in [-0.39, 0.29) is 16.9 Å². The van der Waals surface area contributed by atoms with Crippen LogP contribution < -0.4 is 0 Å². The van der Waals surface area contributed by atoms with Gasteiger partial charge in [-0.15, -0.1) is 0 Å². The van der Waals surface area contributed by atoms with Crippen molar-refractivity contribution in [2.24, 2.45) is 5.92 Å². The fourth-order valence-corrected chi connectivity index (χ4v) is 4.27. The number of pyridine rings is 1. The zero-order chi connectivity index (χ0) is 13.9. The Morgan fingerprint density at radius 2 is 2.16 bits per heavy atom. The molecule has 0 N–H and O–H groups in total. The first-order valence-electron chi connectivity index (χ1n) is 6.28. The number of methoxy groups -OCH3 is 1. The second-order valence-electron chi connectivity index (χ2n) is 4.72. The van der Waals surface area contributed by atoms with Crippen LogP contribution in [-0.4, -0.2) is 31.7 Å². The summed E-state index contributed by atoms with van der Waals surface area (Å²) in [6.07, 6.45) is 3.78.